The molecular formula is C30H40BrO8+. The molecule has 2 rings (SSSR count). The Bertz CT molecular complexity index is 993. The standard InChI is InChI=1S/C15H20O4.C9H9O2.C6H11BrO2/c1-15(2,3)19-14(17)10-9-13(16)18-11-12-7-5-4-6-8-12;1-8(10)11-7-9-5-3-2-4-6-9;1-6(2,3)9-5(8)4-7/h4-8H,9-11H2,1-3H3;2-6H,1,7H2;4H2,1-3H3/q;+1;. The molecule has 0 spiro atoms. The second-order valence-corrected chi connectivity index (χ2v) is 10.7. The summed E-state index contributed by atoms with van der Waals surface area (Å²) in [5.41, 5.74) is 1.02. The minimum absolute atomic E-state index is 0.0434. The van der Waals surface area contributed by atoms with E-state index in [9.17, 15) is 19.2 Å². The van der Waals surface area contributed by atoms with Gasteiger partial charge in [-0.2, -0.15) is 4.79 Å². The lowest BCUT2D eigenvalue weighted by molar-refractivity contribution is -0.158. The molecule has 0 aliphatic carbocycles. The number of rotatable bonds is 8. The van der Waals surface area contributed by atoms with Crippen molar-refractivity contribution >= 4 is 39.8 Å². The molecule has 0 N–H and O–H groups in total. The van der Waals surface area contributed by atoms with Crippen LogP contribution in [0.1, 0.15) is 65.5 Å². The second kappa shape index (κ2) is 18.8. The maximum atomic E-state index is 11.5. The Morgan fingerprint density at radius 1 is 0.641 bits per heavy atom. The Hall–Kier alpha value is -3.33. The monoisotopic (exact) mass is 607 g/mol. The first-order chi connectivity index (χ1) is 18.1. The first-order valence-corrected chi connectivity index (χ1v) is 13.5. The number of alkyl halides is 1. The summed E-state index contributed by atoms with van der Waals surface area (Å²) in [6, 6.07) is 18.9. The maximum absolute atomic E-state index is 11.5. The van der Waals surface area contributed by atoms with Gasteiger partial charge in [0.2, 0.25) is 0 Å². The van der Waals surface area contributed by atoms with Crippen LogP contribution in [0.3, 0.4) is 0 Å². The first kappa shape index (κ1) is 35.7. The highest BCUT2D eigenvalue weighted by molar-refractivity contribution is 9.09. The summed E-state index contributed by atoms with van der Waals surface area (Å²) in [5.74, 6) is -1.49. The summed E-state index contributed by atoms with van der Waals surface area (Å²) < 4.78 is 19.7. The predicted octanol–water partition coefficient (Wildman–Crippen LogP) is 6.14. The zero-order valence-electron chi connectivity index (χ0n) is 23.7. The van der Waals surface area contributed by atoms with E-state index in [0.29, 0.717) is 6.61 Å². The molecule has 0 radical (unpaired) electrons. The van der Waals surface area contributed by atoms with E-state index < -0.39 is 17.5 Å². The number of hydrogen-bond donors (Lipinski definition) is 0. The van der Waals surface area contributed by atoms with Crippen LogP contribution >= 0.6 is 15.9 Å². The van der Waals surface area contributed by atoms with E-state index in [-0.39, 0.29) is 42.3 Å². The summed E-state index contributed by atoms with van der Waals surface area (Å²) in [6.45, 7) is 14.5. The van der Waals surface area contributed by atoms with Crippen LogP contribution < -0.4 is 0 Å². The van der Waals surface area contributed by atoms with Crippen molar-refractivity contribution in [3.05, 3.63) is 78.7 Å². The number of benzene rings is 2. The van der Waals surface area contributed by atoms with Crippen LogP contribution in [-0.4, -0.2) is 40.4 Å². The van der Waals surface area contributed by atoms with Gasteiger partial charge in [-0.05, 0) is 52.7 Å². The third kappa shape index (κ3) is 23.5. The van der Waals surface area contributed by atoms with Gasteiger partial charge in [-0.3, -0.25) is 14.4 Å². The zero-order chi connectivity index (χ0) is 29.9. The molecule has 0 aromatic heterocycles. The minimum Gasteiger partial charge on any atom is -0.461 e. The summed E-state index contributed by atoms with van der Waals surface area (Å²) >= 11 is 2.99. The highest BCUT2D eigenvalue weighted by Gasteiger charge is 2.17. The molecule has 2 aromatic rings. The molecule has 0 heterocycles. The molecule has 0 aliphatic rings. The molecule has 0 fully saturated rings. The predicted molar refractivity (Wildman–Crippen MR) is 153 cm³/mol. The molecule has 9 heteroatoms. The van der Waals surface area contributed by atoms with Crippen LogP contribution in [0, 0.1) is 6.92 Å². The van der Waals surface area contributed by atoms with E-state index in [4.69, 9.17) is 14.2 Å². The van der Waals surface area contributed by atoms with Gasteiger partial charge in [0.15, 0.2) is 6.92 Å². The summed E-state index contributed by atoms with van der Waals surface area (Å²) in [7, 11) is 0. The van der Waals surface area contributed by atoms with E-state index in [1.165, 1.54) is 0 Å². The lowest BCUT2D eigenvalue weighted by Gasteiger charge is -2.19. The van der Waals surface area contributed by atoms with E-state index in [1.54, 1.807) is 20.8 Å². The van der Waals surface area contributed by atoms with Crippen LogP contribution in [0.4, 0.5) is 0 Å². The third-order valence-corrected chi connectivity index (χ3v) is 4.43. The van der Waals surface area contributed by atoms with Gasteiger partial charge in [-0.25, -0.2) is 0 Å². The summed E-state index contributed by atoms with van der Waals surface area (Å²) in [5, 5.41) is 0.268. The molecule has 39 heavy (non-hydrogen) atoms. The van der Waals surface area contributed by atoms with Crippen molar-refractivity contribution < 1.29 is 38.1 Å². The smallest absolute Gasteiger partial charge is 0.461 e. The molecule has 0 unspecified atom stereocenters. The van der Waals surface area contributed by atoms with Crippen LogP contribution in [0.5, 0.6) is 0 Å². The molecule has 8 nitrogen and oxygen atoms in total. The Morgan fingerprint density at radius 3 is 1.38 bits per heavy atom. The number of halogens is 1. The van der Waals surface area contributed by atoms with Gasteiger partial charge in [0, 0.05) is 0 Å². The summed E-state index contributed by atoms with van der Waals surface area (Å²) in [4.78, 5) is 43.7. The molecule has 0 atom stereocenters. The molecule has 0 bridgehead atoms. The van der Waals surface area contributed by atoms with Gasteiger partial charge in [0.1, 0.15) is 29.7 Å². The molecule has 214 valence electrons. The van der Waals surface area contributed by atoms with Crippen LogP contribution in [0.25, 0.3) is 0 Å². The van der Waals surface area contributed by atoms with Gasteiger partial charge < -0.3 is 18.9 Å². The Morgan fingerprint density at radius 2 is 1.03 bits per heavy atom. The van der Waals surface area contributed by atoms with Crippen molar-refractivity contribution in [3.63, 3.8) is 0 Å². The van der Waals surface area contributed by atoms with Crippen LogP contribution in [0.15, 0.2) is 60.7 Å². The number of hydrogen-bond acceptors (Lipinski definition) is 8. The Balaban J connectivity index is 0.000000612. The van der Waals surface area contributed by atoms with Crippen molar-refractivity contribution in [2.45, 2.75) is 78.8 Å². The summed E-state index contributed by atoms with van der Waals surface area (Å²) in [6.07, 6.45) is 0.0899. The normalized spacial score (nSPS) is 10.4. The molecule has 2 aromatic carbocycles. The van der Waals surface area contributed by atoms with E-state index in [2.05, 4.69) is 27.6 Å². The molecule has 0 saturated carbocycles. The van der Waals surface area contributed by atoms with E-state index >= 15 is 0 Å². The van der Waals surface area contributed by atoms with Crippen molar-refractivity contribution in [3.8, 4) is 0 Å². The van der Waals surface area contributed by atoms with Gasteiger partial charge in [-0.15, -0.1) is 0 Å². The average molecular weight is 609 g/mol. The fourth-order valence-corrected chi connectivity index (χ4v) is 2.63. The molecule has 0 amide bonds. The highest BCUT2D eigenvalue weighted by atomic mass is 79.9. The Kier molecular flexibility index (Phi) is 17.2. The topological polar surface area (TPSA) is 105 Å². The fourth-order valence-electron chi connectivity index (χ4n) is 2.51. The molecule has 0 aliphatic heterocycles. The average Bonchev–Trinajstić information content (AvgIpc) is 2.85. The van der Waals surface area contributed by atoms with Gasteiger partial charge in [0.05, 0.1) is 12.8 Å². The minimum atomic E-state index is -0.523. The SMILES string of the molecule is CC(C)(C)OC(=O)CBr.CC(C)(C)OC(=O)CCC(=O)OCc1ccccc1.[CH2+]C(=O)OCc1ccccc1. The van der Waals surface area contributed by atoms with E-state index in [0.717, 1.165) is 11.1 Å². The highest BCUT2D eigenvalue weighted by Crippen LogP contribution is 2.10. The van der Waals surface area contributed by atoms with E-state index in [1.807, 2.05) is 81.4 Å². The Labute approximate surface area is 240 Å². The number of carbonyl (C=O) groups is 4. The van der Waals surface area contributed by atoms with Crippen molar-refractivity contribution in [1.29, 1.82) is 0 Å². The van der Waals surface area contributed by atoms with Crippen LogP contribution in [-0.2, 0) is 51.3 Å². The van der Waals surface area contributed by atoms with Crippen molar-refractivity contribution in [2.75, 3.05) is 5.33 Å². The van der Waals surface area contributed by atoms with Gasteiger partial charge in [-0.1, -0.05) is 76.6 Å². The number of carbonyl (C=O) groups excluding carboxylic acids is 4. The molecular weight excluding hydrogens is 568 g/mol. The van der Waals surface area contributed by atoms with Crippen molar-refractivity contribution in [1.82, 2.24) is 0 Å². The van der Waals surface area contributed by atoms with Gasteiger partial charge >= 0.3 is 23.9 Å². The lowest BCUT2D eigenvalue weighted by Crippen LogP contribution is -2.24. The quantitative estimate of drug-likeness (QED) is 0.152. The maximum Gasteiger partial charge on any atom is 0.493 e. The van der Waals surface area contributed by atoms with Crippen molar-refractivity contribution in [2.24, 2.45) is 0 Å². The second-order valence-electron chi connectivity index (χ2n) is 10.1. The van der Waals surface area contributed by atoms with Gasteiger partial charge in [0.25, 0.3) is 0 Å². The van der Waals surface area contributed by atoms with Crippen LogP contribution in [0.2, 0.25) is 0 Å². The largest absolute Gasteiger partial charge is 0.493 e. The first-order valence-electron chi connectivity index (χ1n) is 12.3. The number of ether oxygens (including phenoxy) is 4. The fraction of sp³-hybridized carbons (Fsp3) is 0.433. The molecule has 0 saturated heterocycles. The number of esters is 4. The zero-order valence-corrected chi connectivity index (χ0v) is 25.2. The lowest BCUT2D eigenvalue weighted by atomic mass is 10.2. The third-order valence-electron chi connectivity index (χ3n) is 3.97.